The number of aryl methyl sites for hydroxylation is 2. The molecule has 1 amide bonds. The summed E-state index contributed by atoms with van der Waals surface area (Å²) in [5.41, 5.74) is 3.51. The van der Waals surface area contributed by atoms with Gasteiger partial charge in [0.15, 0.2) is 0 Å². The summed E-state index contributed by atoms with van der Waals surface area (Å²) in [6.07, 6.45) is 3.17. The van der Waals surface area contributed by atoms with Gasteiger partial charge in [0.25, 0.3) is 0 Å². The second-order valence-corrected chi connectivity index (χ2v) is 7.04. The number of amides is 1. The fourth-order valence-electron chi connectivity index (χ4n) is 2.85. The van der Waals surface area contributed by atoms with Gasteiger partial charge < -0.3 is 5.32 Å². The number of rotatable bonds is 3. The van der Waals surface area contributed by atoms with Crippen molar-refractivity contribution in [1.29, 1.82) is 0 Å². The lowest BCUT2D eigenvalue weighted by Gasteiger charge is -2.19. The molecule has 0 saturated carbocycles. The molecule has 1 aliphatic heterocycles. The Morgan fingerprint density at radius 3 is 2.86 bits per heavy atom. The van der Waals surface area contributed by atoms with Crippen LogP contribution in [-0.2, 0) is 23.1 Å². The predicted molar refractivity (Wildman–Crippen MR) is 90.2 cm³/mol. The van der Waals surface area contributed by atoms with E-state index in [0.29, 0.717) is 0 Å². The number of benzene rings is 1. The normalized spacial score (nSPS) is 15.5. The fraction of sp³-hybridized carbons (Fsp3) is 0.312. The van der Waals surface area contributed by atoms with Gasteiger partial charge in [0, 0.05) is 11.9 Å². The first kappa shape index (κ1) is 15.4. The van der Waals surface area contributed by atoms with E-state index in [1.165, 1.54) is 0 Å². The van der Waals surface area contributed by atoms with Gasteiger partial charge in [0.2, 0.25) is 11.2 Å². The third kappa shape index (κ3) is 2.63. The van der Waals surface area contributed by atoms with Crippen LogP contribution in [0.5, 0.6) is 0 Å². The molecule has 3 rings (SSSR count). The van der Waals surface area contributed by atoms with Crippen molar-refractivity contribution in [1.82, 2.24) is 9.97 Å². The Morgan fingerprint density at radius 1 is 1.32 bits per heavy atom. The maximum atomic E-state index is 12.1. The molecule has 0 unspecified atom stereocenters. The van der Waals surface area contributed by atoms with E-state index in [4.69, 9.17) is 11.6 Å². The van der Waals surface area contributed by atoms with Gasteiger partial charge in [-0.15, -0.1) is 0 Å². The van der Waals surface area contributed by atoms with E-state index >= 15 is 0 Å². The summed E-state index contributed by atoms with van der Waals surface area (Å²) in [5, 5.41) is 3.20. The molecular weight excluding hydrogens is 366 g/mol. The van der Waals surface area contributed by atoms with E-state index in [0.717, 1.165) is 39.8 Å². The topological polar surface area (TPSA) is 54.9 Å². The predicted octanol–water partition coefficient (Wildman–Crippen LogP) is 3.91. The van der Waals surface area contributed by atoms with Gasteiger partial charge in [-0.1, -0.05) is 12.1 Å². The van der Waals surface area contributed by atoms with Crippen molar-refractivity contribution in [3.8, 4) is 0 Å². The number of hydrogen-bond acceptors (Lipinski definition) is 3. The van der Waals surface area contributed by atoms with Gasteiger partial charge in [-0.25, -0.2) is 9.97 Å². The van der Waals surface area contributed by atoms with Crippen molar-refractivity contribution < 1.29 is 4.79 Å². The van der Waals surface area contributed by atoms with Crippen LogP contribution in [0.15, 0.2) is 28.9 Å². The summed E-state index contributed by atoms with van der Waals surface area (Å²) in [6.45, 7) is 3.91. The third-order valence-electron chi connectivity index (χ3n) is 4.01. The Kier molecular flexibility index (Phi) is 3.95. The lowest BCUT2D eigenvalue weighted by molar-refractivity contribution is -0.119. The molecule has 2 heterocycles. The van der Waals surface area contributed by atoms with Gasteiger partial charge in [-0.3, -0.25) is 4.79 Å². The van der Waals surface area contributed by atoms with Crippen LogP contribution in [0.2, 0.25) is 5.28 Å². The van der Waals surface area contributed by atoms with Gasteiger partial charge in [0.1, 0.15) is 0 Å². The zero-order valence-electron chi connectivity index (χ0n) is 12.3. The second kappa shape index (κ2) is 5.63. The van der Waals surface area contributed by atoms with Crippen molar-refractivity contribution in [3.63, 3.8) is 0 Å². The van der Waals surface area contributed by atoms with Crippen LogP contribution in [-0.4, -0.2) is 15.9 Å². The summed E-state index contributed by atoms with van der Waals surface area (Å²) >= 11 is 9.31. The maximum absolute atomic E-state index is 12.1. The number of fused-ring (bicyclic) bond motifs is 1. The number of aromatic nitrogens is 2. The highest BCUT2D eigenvalue weighted by Gasteiger charge is 2.39. The Bertz CT molecular complexity index is 761. The monoisotopic (exact) mass is 379 g/mol. The Balaban J connectivity index is 1.91. The standard InChI is InChI=1S/C16H15BrClN3O/c1-16(2)13-9(4-3-5-12(13)20-14(16)22)6-7-11-10(17)8-19-15(18)21-11/h3-5,8H,6-7H2,1-2H3,(H,20,22). The second-order valence-electron chi connectivity index (χ2n) is 5.85. The van der Waals surface area contributed by atoms with Crippen LogP contribution < -0.4 is 5.32 Å². The molecule has 22 heavy (non-hydrogen) atoms. The molecule has 1 aromatic carbocycles. The van der Waals surface area contributed by atoms with Crippen LogP contribution in [0, 0.1) is 0 Å². The zero-order valence-corrected chi connectivity index (χ0v) is 14.6. The average Bonchev–Trinajstić information content (AvgIpc) is 2.71. The molecular formula is C16H15BrClN3O. The minimum absolute atomic E-state index is 0.0428. The number of halogens is 2. The van der Waals surface area contributed by atoms with Crippen molar-refractivity contribution >= 4 is 39.1 Å². The molecule has 0 saturated heterocycles. The highest BCUT2D eigenvalue weighted by atomic mass is 79.9. The van der Waals surface area contributed by atoms with Gasteiger partial charge >= 0.3 is 0 Å². The van der Waals surface area contributed by atoms with E-state index in [1.807, 2.05) is 26.0 Å². The van der Waals surface area contributed by atoms with E-state index in [2.05, 4.69) is 37.3 Å². The zero-order chi connectivity index (χ0) is 15.9. The lowest BCUT2D eigenvalue weighted by Crippen LogP contribution is -2.27. The van der Waals surface area contributed by atoms with E-state index in [-0.39, 0.29) is 11.2 Å². The molecule has 0 atom stereocenters. The quantitative estimate of drug-likeness (QED) is 0.821. The van der Waals surface area contributed by atoms with Gasteiger partial charge in [-0.05, 0) is 71.4 Å². The summed E-state index contributed by atoms with van der Waals surface area (Å²) < 4.78 is 0.845. The first-order chi connectivity index (χ1) is 10.4. The number of hydrogen-bond donors (Lipinski definition) is 1. The molecule has 2 aromatic rings. The van der Waals surface area contributed by atoms with E-state index in [9.17, 15) is 4.79 Å². The van der Waals surface area contributed by atoms with E-state index in [1.54, 1.807) is 6.20 Å². The summed E-state index contributed by atoms with van der Waals surface area (Å²) in [6, 6.07) is 5.98. The van der Waals surface area contributed by atoms with Crippen LogP contribution in [0.1, 0.15) is 30.7 Å². The minimum Gasteiger partial charge on any atom is -0.325 e. The molecule has 6 heteroatoms. The molecule has 0 fully saturated rings. The Hall–Kier alpha value is -1.46. The van der Waals surface area contributed by atoms with Crippen LogP contribution in [0.25, 0.3) is 0 Å². The van der Waals surface area contributed by atoms with Crippen LogP contribution in [0.3, 0.4) is 0 Å². The molecule has 0 spiro atoms. The van der Waals surface area contributed by atoms with Crippen LogP contribution >= 0.6 is 27.5 Å². The smallest absolute Gasteiger partial charge is 0.234 e. The molecule has 0 radical (unpaired) electrons. The number of anilines is 1. The van der Waals surface area contributed by atoms with Crippen molar-refractivity contribution in [2.24, 2.45) is 0 Å². The maximum Gasteiger partial charge on any atom is 0.234 e. The molecule has 0 bridgehead atoms. The number of carbonyl (C=O) groups is 1. The molecule has 0 aliphatic carbocycles. The molecule has 114 valence electrons. The molecule has 1 aliphatic rings. The number of carbonyl (C=O) groups excluding carboxylic acids is 1. The fourth-order valence-corrected chi connectivity index (χ4v) is 3.39. The third-order valence-corrected chi connectivity index (χ3v) is 4.85. The molecule has 4 nitrogen and oxygen atoms in total. The van der Waals surface area contributed by atoms with Gasteiger partial charge in [-0.2, -0.15) is 0 Å². The van der Waals surface area contributed by atoms with Crippen molar-refractivity contribution in [2.45, 2.75) is 32.1 Å². The van der Waals surface area contributed by atoms with Gasteiger partial charge in [0.05, 0.1) is 15.6 Å². The SMILES string of the molecule is CC1(C)C(=O)Nc2cccc(CCc3nc(Cl)ncc3Br)c21. The largest absolute Gasteiger partial charge is 0.325 e. The number of nitrogens with one attached hydrogen (secondary N) is 1. The summed E-state index contributed by atoms with van der Waals surface area (Å²) in [7, 11) is 0. The minimum atomic E-state index is -0.507. The first-order valence-electron chi connectivity index (χ1n) is 7.00. The van der Waals surface area contributed by atoms with Crippen LogP contribution in [0.4, 0.5) is 5.69 Å². The lowest BCUT2D eigenvalue weighted by atomic mass is 9.82. The molecule has 1 N–H and O–H groups in total. The van der Waals surface area contributed by atoms with E-state index < -0.39 is 5.41 Å². The Morgan fingerprint density at radius 2 is 2.09 bits per heavy atom. The van der Waals surface area contributed by atoms with Crippen molar-refractivity contribution in [2.75, 3.05) is 5.32 Å². The van der Waals surface area contributed by atoms with Crippen molar-refractivity contribution in [3.05, 3.63) is 51.0 Å². The average molecular weight is 381 g/mol. The Labute approximate surface area is 142 Å². The first-order valence-corrected chi connectivity index (χ1v) is 8.17. The summed E-state index contributed by atoms with van der Waals surface area (Å²) in [5.74, 6) is 0.0428. The molecule has 1 aromatic heterocycles. The summed E-state index contributed by atoms with van der Waals surface area (Å²) in [4.78, 5) is 20.3. The highest BCUT2D eigenvalue weighted by Crippen LogP contribution is 2.40. The highest BCUT2D eigenvalue weighted by molar-refractivity contribution is 9.10. The number of nitrogens with zero attached hydrogens (tertiary/aromatic N) is 2.